The van der Waals surface area contributed by atoms with Crippen molar-refractivity contribution in [3.8, 4) is 12.3 Å². The van der Waals surface area contributed by atoms with Crippen LogP contribution in [-0.4, -0.2) is 43.3 Å². The molecule has 29 heavy (non-hydrogen) atoms. The van der Waals surface area contributed by atoms with Crippen molar-refractivity contribution in [1.82, 2.24) is 10.6 Å². The summed E-state index contributed by atoms with van der Waals surface area (Å²) in [7, 11) is 0. The van der Waals surface area contributed by atoms with Gasteiger partial charge < -0.3 is 20.1 Å². The third-order valence-electron chi connectivity index (χ3n) is 4.36. The number of ether oxygens (including phenoxy) is 2. The third-order valence-corrected chi connectivity index (χ3v) is 4.36. The van der Waals surface area contributed by atoms with Crippen LogP contribution in [0.3, 0.4) is 0 Å². The number of hydrogen-bond acceptors (Lipinski definition) is 5. The Labute approximate surface area is 175 Å². The first-order valence-electron chi connectivity index (χ1n) is 10.7. The Kier molecular flexibility index (Phi) is 15.4. The molecule has 2 amide bonds. The van der Waals surface area contributed by atoms with Crippen LogP contribution in [-0.2, 0) is 19.1 Å². The minimum absolute atomic E-state index is 0.171. The van der Waals surface area contributed by atoms with Gasteiger partial charge in [0.1, 0.15) is 12.1 Å². The predicted octanol–water partition coefficient (Wildman–Crippen LogP) is 3.56. The first kappa shape index (κ1) is 26.8. The molecule has 0 aliphatic heterocycles. The Bertz CT molecular complexity index is 528. The number of terminal acetylenes is 1. The summed E-state index contributed by atoms with van der Waals surface area (Å²) in [6, 6.07) is -1.52. The van der Waals surface area contributed by atoms with E-state index in [-0.39, 0.29) is 6.61 Å². The molecule has 7 heteroatoms. The van der Waals surface area contributed by atoms with Gasteiger partial charge in [0.2, 0.25) is 5.91 Å². The molecule has 0 bridgehead atoms. The van der Waals surface area contributed by atoms with Crippen molar-refractivity contribution in [2.24, 2.45) is 5.92 Å². The number of rotatable bonds is 15. The highest BCUT2D eigenvalue weighted by atomic mass is 16.5. The molecular weight excluding hydrogens is 372 g/mol. The van der Waals surface area contributed by atoms with Crippen molar-refractivity contribution in [2.75, 3.05) is 13.2 Å². The Morgan fingerprint density at radius 2 is 1.52 bits per heavy atom. The largest absolute Gasteiger partial charge is 0.464 e. The van der Waals surface area contributed by atoms with E-state index in [0.717, 1.165) is 38.5 Å². The first-order chi connectivity index (χ1) is 13.8. The van der Waals surface area contributed by atoms with Gasteiger partial charge in [-0.3, -0.25) is 4.79 Å². The zero-order valence-corrected chi connectivity index (χ0v) is 18.4. The number of alkyl carbamates (subject to hydrolysis) is 1. The normalized spacial score (nSPS) is 12.6. The van der Waals surface area contributed by atoms with Crippen LogP contribution in [0.4, 0.5) is 4.79 Å². The SMILES string of the molecule is C#CCOC(=O)NC(CCCC)C(=O)NC(CCCC)C(=O)OCCCC(C)C. The number of unbranched alkanes of at least 4 members (excludes halogenated alkanes) is 2. The summed E-state index contributed by atoms with van der Waals surface area (Å²) in [5.41, 5.74) is 0. The fraction of sp³-hybridized carbons (Fsp3) is 0.773. The molecule has 0 spiro atoms. The van der Waals surface area contributed by atoms with Crippen LogP contribution in [0, 0.1) is 18.3 Å². The summed E-state index contributed by atoms with van der Waals surface area (Å²) in [6.07, 6.45) is 10.3. The summed E-state index contributed by atoms with van der Waals surface area (Å²) in [5.74, 6) is 1.90. The number of esters is 1. The second-order valence-electron chi connectivity index (χ2n) is 7.53. The van der Waals surface area contributed by atoms with Crippen LogP contribution < -0.4 is 10.6 Å². The molecule has 0 aromatic carbocycles. The van der Waals surface area contributed by atoms with Crippen molar-refractivity contribution in [2.45, 2.75) is 91.1 Å². The number of nitrogens with one attached hydrogen (secondary N) is 2. The highest BCUT2D eigenvalue weighted by Crippen LogP contribution is 2.08. The fourth-order valence-electron chi connectivity index (χ4n) is 2.66. The van der Waals surface area contributed by atoms with Gasteiger partial charge in [0.05, 0.1) is 6.61 Å². The lowest BCUT2D eigenvalue weighted by Crippen LogP contribution is -2.52. The summed E-state index contributed by atoms with van der Waals surface area (Å²) in [4.78, 5) is 37.0. The van der Waals surface area contributed by atoms with E-state index >= 15 is 0 Å². The lowest BCUT2D eigenvalue weighted by atomic mass is 10.1. The van der Waals surface area contributed by atoms with Gasteiger partial charge in [0.15, 0.2) is 6.61 Å². The van der Waals surface area contributed by atoms with Gasteiger partial charge in [-0.25, -0.2) is 9.59 Å². The number of carbonyl (C=O) groups is 3. The fourth-order valence-corrected chi connectivity index (χ4v) is 2.66. The van der Waals surface area contributed by atoms with Crippen LogP contribution in [0.5, 0.6) is 0 Å². The quantitative estimate of drug-likeness (QED) is 0.245. The number of carbonyl (C=O) groups excluding carboxylic acids is 3. The van der Waals surface area contributed by atoms with E-state index < -0.39 is 30.1 Å². The molecule has 0 fully saturated rings. The molecule has 0 rings (SSSR count). The molecule has 2 unspecified atom stereocenters. The third kappa shape index (κ3) is 13.6. The zero-order valence-electron chi connectivity index (χ0n) is 18.4. The van der Waals surface area contributed by atoms with Crippen molar-refractivity contribution < 1.29 is 23.9 Å². The van der Waals surface area contributed by atoms with Gasteiger partial charge in [-0.15, -0.1) is 6.42 Å². The van der Waals surface area contributed by atoms with Crippen LogP contribution >= 0.6 is 0 Å². The van der Waals surface area contributed by atoms with Gasteiger partial charge in [-0.2, -0.15) is 0 Å². The topological polar surface area (TPSA) is 93.7 Å². The molecule has 0 radical (unpaired) electrons. The molecule has 166 valence electrons. The first-order valence-corrected chi connectivity index (χ1v) is 10.7. The van der Waals surface area contributed by atoms with E-state index in [1.807, 2.05) is 13.8 Å². The second-order valence-corrected chi connectivity index (χ2v) is 7.53. The molecule has 0 saturated carbocycles. The maximum atomic E-state index is 12.7. The van der Waals surface area contributed by atoms with Gasteiger partial charge >= 0.3 is 12.1 Å². The molecule has 2 atom stereocenters. The van der Waals surface area contributed by atoms with Crippen molar-refractivity contribution in [1.29, 1.82) is 0 Å². The van der Waals surface area contributed by atoms with Crippen molar-refractivity contribution >= 4 is 18.0 Å². The Morgan fingerprint density at radius 1 is 0.897 bits per heavy atom. The standard InChI is InChI=1S/C22H38N2O5/c1-6-9-13-18(24-22(27)29-15-8-3)20(25)23-19(14-10-7-2)21(26)28-16-11-12-17(4)5/h3,17-19H,6-7,9-16H2,1-2,4-5H3,(H,23,25)(H,24,27). The van der Waals surface area contributed by atoms with Crippen molar-refractivity contribution in [3.05, 3.63) is 0 Å². The van der Waals surface area contributed by atoms with Crippen LogP contribution in [0.15, 0.2) is 0 Å². The maximum Gasteiger partial charge on any atom is 0.408 e. The van der Waals surface area contributed by atoms with Gasteiger partial charge in [-0.1, -0.05) is 59.3 Å². The molecule has 0 aliphatic rings. The highest BCUT2D eigenvalue weighted by molar-refractivity contribution is 5.89. The Morgan fingerprint density at radius 3 is 2.07 bits per heavy atom. The van der Waals surface area contributed by atoms with E-state index in [4.69, 9.17) is 15.9 Å². The summed E-state index contributed by atoms with van der Waals surface area (Å²) in [5, 5.41) is 5.28. The lowest BCUT2D eigenvalue weighted by molar-refractivity contribution is -0.148. The van der Waals surface area contributed by atoms with Gasteiger partial charge in [0, 0.05) is 0 Å². The van der Waals surface area contributed by atoms with Crippen LogP contribution in [0.2, 0.25) is 0 Å². The van der Waals surface area contributed by atoms with E-state index in [1.165, 1.54) is 0 Å². The summed E-state index contributed by atoms with van der Waals surface area (Å²) < 4.78 is 10.2. The van der Waals surface area contributed by atoms with E-state index in [2.05, 4.69) is 30.4 Å². The van der Waals surface area contributed by atoms with Gasteiger partial charge in [-0.05, 0) is 31.6 Å². The number of amides is 2. The van der Waals surface area contributed by atoms with E-state index in [1.54, 1.807) is 0 Å². The van der Waals surface area contributed by atoms with Crippen LogP contribution in [0.1, 0.15) is 79.1 Å². The molecule has 0 aromatic heterocycles. The molecule has 0 aromatic rings. The Balaban J connectivity index is 4.89. The lowest BCUT2D eigenvalue weighted by Gasteiger charge is -2.22. The van der Waals surface area contributed by atoms with Crippen LogP contribution in [0.25, 0.3) is 0 Å². The molecule has 2 N–H and O–H groups in total. The minimum Gasteiger partial charge on any atom is -0.464 e. The van der Waals surface area contributed by atoms with E-state index in [9.17, 15) is 14.4 Å². The molecule has 0 heterocycles. The second kappa shape index (κ2) is 16.7. The maximum absolute atomic E-state index is 12.7. The van der Waals surface area contributed by atoms with Crippen molar-refractivity contribution in [3.63, 3.8) is 0 Å². The zero-order chi connectivity index (χ0) is 22.1. The van der Waals surface area contributed by atoms with Gasteiger partial charge in [0.25, 0.3) is 0 Å². The highest BCUT2D eigenvalue weighted by Gasteiger charge is 2.27. The minimum atomic E-state index is -0.793. The summed E-state index contributed by atoms with van der Waals surface area (Å²) in [6.45, 7) is 8.40. The smallest absolute Gasteiger partial charge is 0.408 e. The predicted molar refractivity (Wildman–Crippen MR) is 113 cm³/mol. The summed E-state index contributed by atoms with van der Waals surface area (Å²) >= 11 is 0. The Hall–Kier alpha value is -2.23. The molecular formula is C22H38N2O5. The van der Waals surface area contributed by atoms with E-state index in [0.29, 0.717) is 25.4 Å². The average molecular weight is 411 g/mol. The average Bonchev–Trinajstić information content (AvgIpc) is 2.69. The molecule has 0 saturated heterocycles. The molecule has 7 nitrogen and oxygen atoms in total. The monoisotopic (exact) mass is 410 g/mol. The molecule has 0 aliphatic carbocycles. The number of hydrogen-bond donors (Lipinski definition) is 2.